The van der Waals surface area contributed by atoms with Crippen LogP contribution in [-0.4, -0.2) is 24.5 Å². The molecule has 0 bridgehead atoms. The number of aromatic nitrogens is 1. The summed E-state index contributed by atoms with van der Waals surface area (Å²) < 4.78 is 5.29. The number of pyridine rings is 1. The molecule has 1 aromatic heterocycles. The Morgan fingerprint density at radius 2 is 2.20 bits per heavy atom. The first-order chi connectivity index (χ1) is 7.09. The molecule has 0 radical (unpaired) electrons. The van der Waals surface area contributed by atoms with Crippen molar-refractivity contribution < 1.29 is 9.53 Å². The van der Waals surface area contributed by atoms with Crippen LogP contribution in [0.15, 0.2) is 12.1 Å². The lowest BCUT2D eigenvalue weighted by molar-refractivity contribution is -0.121. The topological polar surface area (TPSA) is 42.4 Å². The third-order valence-corrected chi connectivity index (χ3v) is 2.50. The van der Waals surface area contributed by atoms with Crippen LogP contribution >= 0.6 is 0 Å². The Kier molecular flexibility index (Phi) is 2.34. The Labute approximate surface area is 88.9 Å². The van der Waals surface area contributed by atoms with Crippen molar-refractivity contribution in [1.82, 2.24) is 4.98 Å². The van der Waals surface area contributed by atoms with Gasteiger partial charge < -0.3 is 4.74 Å². The van der Waals surface area contributed by atoms with Crippen molar-refractivity contribution in [2.75, 3.05) is 18.6 Å². The van der Waals surface area contributed by atoms with Gasteiger partial charge in [0.2, 0.25) is 0 Å². The quantitative estimate of drug-likeness (QED) is 0.700. The third-order valence-electron chi connectivity index (χ3n) is 2.50. The van der Waals surface area contributed by atoms with Crippen molar-refractivity contribution in [3.63, 3.8) is 0 Å². The molecule has 0 aromatic carbocycles. The van der Waals surface area contributed by atoms with E-state index in [4.69, 9.17) is 4.74 Å². The van der Waals surface area contributed by atoms with Gasteiger partial charge in [-0.1, -0.05) is 13.8 Å². The largest absolute Gasteiger partial charge is 0.480 e. The number of rotatable bonds is 1. The van der Waals surface area contributed by atoms with Crippen LogP contribution in [0.25, 0.3) is 0 Å². The van der Waals surface area contributed by atoms with E-state index in [1.54, 1.807) is 11.9 Å². The predicted molar refractivity (Wildman–Crippen MR) is 57.2 cm³/mol. The summed E-state index contributed by atoms with van der Waals surface area (Å²) in [5.74, 6) is 1.59. The molecule has 1 amide bonds. The Hall–Kier alpha value is -1.58. The first kappa shape index (κ1) is 9.96. The molecule has 0 unspecified atom stereocenters. The van der Waals surface area contributed by atoms with Gasteiger partial charge in [0, 0.05) is 12.7 Å². The standard InChI is InChI=1S/C11H14N2O2/c1-7(2)8-4-5-9-11(12-8)13(3)10(14)6-15-9/h4-5,7H,6H2,1-3H3. The molecule has 0 aliphatic carbocycles. The summed E-state index contributed by atoms with van der Waals surface area (Å²) in [6.07, 6.45) is 0. The number of ether oxygens (including phenoxy) is 1. The van der Waals surface area contributed by atoms with E-state index in [2.05, 4.69) is 18.8 Å². The van der Waals surface area contributed by atoms with Crippen molar-refractivity contribution in [3.05, 3.63) is 17.8 Å². The Morgan fingerprint density at radius 3 is 2.87 bits per heavy atom. The molecule has 2 heterocycles. The van der Waals surface area contributed by atoms with E-state index in [1.807, 2.05) is 12.1 Å². The SMILES string of the molecule is CC(C)c1ccc2c(n1)N(C)C(=O)CO2. The van der Waals surface area contributed by atoms with Gasteiger partial charge in [-0.05, 0) is 18.1 Å². The first-order valence-corrected chi connectivity index (χ1v) is 5.00. The number of likely N-dealkylation sites (N-methyl/N-ethyl adjacent to an activating group) is 1. The maximum absolute atomic E-state index is 11.4. The van der Waals surface area contributed by atoms with E-state index in [-0.39, 0.29) is 12.5 Å². The smallest absolute Gasteiger partial charge is 0.265 e. The minimum Gasteiger partial charge on any atom is -0.480 e. The number of nitrogens with zero attached hydrogens (tertiary/aromatic N) is 2. The molecule has 0 saturated carbocycles. The number of hydrogen-bond donors (Lipinski definition) is 0. The minimum absolute atomic E-state index is 0.0593. The second-order valence-corrected chi connectivity index (χ2v) is 3.95. The molecule has 80 valence electrons. The normalized spacial score (nSPS) is 15.2. The zero-order valence-electron chi connectivity index (χ0n) is 9.15. The van der Waals surface area contributed by atoms with Crippen LogP contribution in [0.3, 0.4) is 0 Å². The highest BCUT2D eigenvalue weighted by atomic mass is 16.5. The van der Waals surface area contributed by atoms with Crippen molar-refractivity contribution in [1.29, 1.82) is 0 Å². The average molecular weight is 206 g/mol. The van der Waals surface area contributed by atoms with Gasteiger partial charge in [0.25, 0.3) is 5.91 Å². The first-order valence-electron chi connectivity index (χ1n) is 5.00. The second-order valence-electron chi connectivity index (χ2n) is 3.95. The Morgan fingerprint density at radius 1 is 1.47 bits per heavy atom. The zero-order valence-corrected chi connectivity index (χ0v) is 9.15. The van der Waals surface area contributed by atoms with Crippen LogP contribution in [-0.2, 0) is 4.79 Å². The van der Waals surface area contributed by atoms with Gasteiger partial charge >= 0.3 is 0 Å². The maximum Gasteiger partial charge on any atom is 0.265 e. The van der Waals surface area contributed by atoms with Crippen LogP contribution in [0, 0.1) is 0 Å². The van der Waals surface area contributed by atoms with Crippen LogP contribution in [0.2, 0.25) is 0 Å². The Bertz CT molecular complexity index is 402. The molecule has 1 aromatic rings. The lowest BCUT2D eigenvalue weighted by atomic mass is 10.1. The fourth-order valence-electron chi connectivity index (χ4n) is 1.48. The van der Waals surface area contributed by atoms with Gasteiger partial charge in [0.1, 0.15) is 0 Å². The number of hydrogen-bond acceptors (Lipinski definition) is 3. The van der Waals surface area contributed by atoms with Crippen LogP contribution in [0.5, 0.6) is 5.75 Å². The summed E-state index contributed by atoms with van der Waals surface area (Å²) in [4.78, 5) is 17.4. The molecule has 0 saturated heterocycles. The lowest BCUT2D eigenvalue weighted by Gasteiger charge is -2.25. The molecule has 0 spiro atoms. The molecule has 0 fully saturated rings. The second kappa shape index (κ2) is 3.53. The highest BCUT2D eigenvalue weighted by Gasteiger charge is 2.23. The van der Waals surface area contributed by atoms with E-state index in [0.717, 1.165) is 5.69 Å². The summed E-state index contributed by atoms with van der Waals surface area (Å²) in [5, 5.41) is 0. The fourth-order valence-corrected chi connectivity index (χ4v) is 1.48. The maximum atomic E-state index is 11.4. The molecule has 4 heteroatoms. The fraction of sp³-hybridized carbons (Fsp3) is 0.455. The van der Waals surface area contributed by atoms with Gasteiger partial charge in [-0.3, -0.25) is 9.69 Å². The summed E-state index contributed by atoms with van der Waals surface area (Å²) in [5.41, 5.74) is 0.971. The number of fused-ring (bicyclic) bond motifs is 1. The van der Waals surface area contributed by atoms with E-state index in [0.29, 0.717) is 17.5 Å². The number of carbonyl (C=O) groups excluding carboxylic acids is 1. The van der Waals surface area contributed by atoms with Gasteiger partial charge in [-0.15, -0.1) is 0 Å². The predicted octanol–water partition coefficient (Wildman–Crippen LogP) is 1.56. The van der Waals surface area contributed by atoms with Crippen LogP contribution in [0.4, 0.5) is 5.82 Å². The minimum atomic E-state index is -0.0593. The monoisotopic (exact) mass is 206 g/mol. The molecule has 15 heavy (non-hydrogen) atoms. The molecular formula is C11H14N2O2. The summed E-state index contributed by atoms with van der Waals surface area (Å²) in [6.45, 7) is 4.24. The van der Waals surface area contributed by atoms with Gasteiger partial charge in [-0.2, -0.15) is 0 Å². The summed E-state index contributed by atoms with van der Waals surface area (Å²) >= 11 is 0. The number of anilines is 1. The molecule has 0 N–H and O–H groups in total. The molecule has 2 rings (SSSR count). The number of amides is 1. The highest BCUT2D eigenvalue weighted by Crippen LogP contribution is 2.30. The van der Waals surface area contributed by atoms with Crippen LogP contribution < -0.4 is 9.64 Å². The van der Waals surface area contributed by atoms with Crippen molar-refractivity contribution in [3.8, 4) is 5.75 Å². The van der Waals surface area contributed by atoms with Crippen molar-refractivity contribution >= 4 is 11.7 Å². The van der Waals surface area contributed by atoms with E-state index in [9.17, 15) is 4.79 Å². The third kappa shape index (κ3) is 1.67. The van der Waals surface area contributed by atoms with E-state index >= 15 is 0 Å². The van der Waals surface area contributed by atoms with Crippen molar-refractivity contribution in [2.45, 2.75) is 19.8 Å². The molecule has 1 aliphatic rings. The zero-order chi connectivity index (χ0) is 11.0. The highest BCUT2D eigenvalue weighted by molar-refractivity contribution is 5.96. The number of carbonyl (C=O) groups is 1. The molecular weight excluding hydrogens is 192 g/mol. The van der Waals surface area contributed by atoms with Crippen molar-refractivity contribution in [2.24, 2.45) is 0 Å². The lowest BCUT2D eigenvalue weighted by Crippen LogP contribution is -2.36. The van der Waals surface area contributed by atoms with Gasteiger partial charge in [0.15, 0.2) is 18.2 Å². The average Bonchev–Trinajstić information content (AvgIpc) is 2.23. The van der Waals surface area contributed by atoms with E-state index < -0.39 is 0 Å². The van der Waals surface area contributed by atoms with E-state index in [1.165, 1.54) is 0 Å². The van der Waals surface area contributed by atoms with Gasteiger partial charge in [0.05, 0.1) is 0 Å². The summed E-state index contributed by atoms with van der Waals surface area (Å²) in [6, 6.07) is 3.81. The molecule has 1 aliphatic heterocycles. The van der Waals surface area contributed by atoms with Crippen LogP contribution in [0.1, 0.15) is 25.5 Å². The molecule has 4 nitrogen and oxygen atoms in total. The molecule has 0 atom stereocenters. The summed E-state index contributed by atoms with van der Waals surface area (Å²) in [7, 11) is 1.72. The Balaban J connectivity index is 2.45. The van der Waals surface area contributed by atoms with Gasteiger partial charge in [-0.25, -0.2) is 4.98 Å².